The van der Waals surface area contributed by atoms with E-state index in [2.05, 4.69) is 247 Å². The zero-order chi connectivity index (χ0) is 46.8. The Morgan fingerprint density at radius 2 is 1.06 bits per heavy atom. The molecule has 2 aliphatic rings. The Bertz CT molecular complexity index is 3240. The summed E-state index contributed by atoms with van der Waals surface area (Å²) in [7, 11) is 0. The first kappa shape index (κ1) is 45.8. The summed E-state index contributed by atoms with van der Waals surface area (Å²) in [4.78, 5) is 9.43. The molecule has 0 spiro atoms. The fourth-order valence-electron chi connectivity index (χ4n) is 10.1. The van der Waals surface area contributed by atoms with Crippen LogP contribution in [-0.2, 0) is 37.3 Å². The molecule has 0 amide bonds. The zero-order valence-corrected chi connectivity index (χ0v) is 42.4. The maximum atomic E-state index is 6.96. The van der Waals surface area contributed by atoms with Crippen molar-refractivity contribution in [3.63, 3.8) is 0 Å². The summed E-state index contributed by atoms with van der Waals surface area (Å²) in [6, 6.07) is 74.9. The summed E-state index contributed by atoms with van der Waals surface area (Å²) in [5, 5.41) is 0. The van der Waals surface area contributed by atoms with Crippen LogP contribution >= 0.6 is 0 Å². The van der Waals surface area contributed by atoms with Crippen molar-refractivity contribution in [3.8, 4) is 56.1 Å². The maximum absolute atomic E-state index is 6.96. The quantitative estimate of drug-likeness (QED) is 0.142. The normalized spacial score (nSPS) is 13.6. The summed E-state index contributed by atoms with van der Waals surface area (Å²) in [5.41, 5.74) is 18.4. The first-order valence-electron chi connectivity index (χ1n) is 23.6. The number of hydrogen-bond donors (Lipinski definition) is 0. The number of pyridine rings is 1. The molecule has 0 radical (unpaired) electrons. The van der Waals surface area contributed by atoms with Crippen LogP contribution in [0.1, 0.15) is 76.3 Å². The fraction of sp³-hybridized carbons (Fsp3) is 0.156. The molecule has 5 heteroatoms. The molecule has 11 rings (SSSR count). The van der Waals surface area contributed by atoms with Gasteiger partial charge in [0.05, 0.1) is 0 Å². The van der Waals surface area contributed by atoms with Gasteiger partial charge < -0.3 is 19.5 Å². The molecule has 0 unspecified atom stereocenters. The molecule has 2 heterocycles. The van der Waals surface area contributed by atoms with Crippen LogP contribution in [0.25, 0.3) is 44.6 Å². The van der Waals surface area contributed by atoms with E-state index in [1.165, 1.54) is 33.4 Å². The average Bonchev–Trinajstić information content (AvgIpc) is 3.87. The van der Waals surface area contributed by atoms with Crippen molar-refractivity contribution in [2.75, 3.05) is 9.80 Å². The Morgan fingerprint density at radius 3 is 1.65 bits per heavy atom. The Kier molecular flexibility index (Phi) is 11.8. The van der Waals surface area contributed by atoms with Crippen LogP contribution in [0.2, 0.25) is 0 Å². The van der Waals surface area contributed by atoms with E-state index in [1.54, 1.807) is 0 Å². The number of ether oxygens (including phenoxy) is 1. The van der Waals surface area contributed by atoms with Gasteiger partial charge in [0.15, 0.2) is 0 Å². The summed E-state index contributed by atoms with van der Waals surface area (Å²) >= 11 is 0. The molecular weight excluding hydrogens is 1020 g/mol. The molecular formula is C64H54N3OPt-3. The fourth-order valence-corrected chi connectivity index (χ4v) is 10.1. The number of fused-ring (bicyclic) bond motifs is 4. The van der Waals surface area contributed by atoms with Gasteiger partial charge in [0.2, 0.25) is 0 Å². The predicted octanol–water partition coefficient (Wildman–Crippen LogP) is 16.8. The number of anilines is 4. The van der Waals surface area contributed by atoms with E-state index in [-0.39, 0.29) is 31.9 Å². The van der Waals surface area contributed by atoms with E-state index in [9.17, 15) is 0 Å². The van der Waals surface area contributed by atoms with Crippen LogP contribution in [0.3, 0.4) is 0 Å². The Balaban J connectivity index is 0.00000553. The van der Waals surface area contributed by atoms with Crippen molar-refractivity contribution in [3.05, 3.63) is 241 Å². The molecule has 0 atom stereocenters. The number of nitrogens with zero attached hydrogens (tertiary/aromatic N) is 3. The minimum Gasteiger partial charge on any atom is -0.503 e. The van der Waals surface area contributed by atoms with Crippen molar-refractivity contribution in [2.24, 2.45) is 0 Å². The van der Waals surface area contributed by atoms with Crippen LogP contribution in [0.5, 0.6) is 11.5 Å². The van der Waals surface area contributed by atoms with Gasteiger partial charge in [0.25, 0.3) is 0 Å². The maximum Gasteiger partial charge on any atom is 0.0421 e. The molecule has 0 N–H and O–H groups in total. The minimum atomic E-state index is -0.499. The van der Waals surface area contributed by atoms with Crippen molar-refractivity contribution < 1.29 is 25.8 Å². The van der Waals surface area contributed by atoms with E-state index in [1.807, 2.05) is 24.4 Å². The standard InChI is InChI=1S/C64H54N3O.Pt/c1-62(2,3)46-33-34-65-58(40-46)45-25-20-26-50(35-45)68-51-37-48(64(7)56-29-16-14-27-52(56)53-28-15-17-30-57(53)64)36-49(41-51)66-42-67(60-32-19-18-31-59(60)66)61-54(43-21-10-8-11-22-43)38-47(63(4,5)6)39-55(61)44-23-12-9-13-24-44;/h8-34,36-40,42H,1-7H3;/q-3;. The monoisotopic (exact) mass is 1080 g/mol. The number of benzene rings is 8. The Hall–Kier alpha value is -7.00. The number of rotatable bonds is 8. The van der Waals surface area contributed by atoms with Gasteiger partial charge >= 0.3 is 0 Å². The predicted molar refractivity (Wildman–Crippen MR) is 281 cm³/mol. The van der Waals surface area contributed by atoms with Gasteiger partial charge in [-0.25, -0.2) is 0 Å². The van der Waals surface area contributed by atoms with E-state index >= 15 is 0 Å². The van der Waals surface area contributed by atoms with Gasteiger partial charge in [0.1, 0.15) is 0 Å². The second kappa shape index (κ2) is 17.8. The summed E-state index contributed by atoms with van der Waals surface area (Å²) < 4.78 is 6.96. The second-order valence-corrected chi connectivity index (χ2v) is 20.3. The molecule has 1 aliphatic heterocycles. The summed E-state index contributed by atoms with van der Waals surface area (Å²) in [6.07, 6.45) is 1.89. The largest absolute Gasteiger partial charge is 0.503 e. The molecule has 1 aliphatic carbocycles. The zero-order valence-electron chi connectivity index (χ0n) is 40.1. The van der Waals surface area contributed by atoms with Crippen LogP contribution in [0.4, 0.5) is 22.7 Å². The second-order valence-electron chi connectivity index (χ2n) is 20.3. The van der Waals surface area contributed by atoms with Crippen molar-refractivity contribution >= 4 is 22.7 Å². The summed E-state index contributed by atoms with van der Waals surface area (Å²) in [5.74, 6) is 1.19. The van der Waals surface area contributed by atoms with E-state index < -0.39 is 5.41 Å². The third-order valence-corrected chi connectivity index (χ3v) is 13.8. The van der Waals surface area contributed by atoms with E-state index in [0.29, 0.717) is 11.5 Å². The first-order chi connectivity index (χ1) is 32.8. The average molecular weight is 1080 g/mol. The van der Waals surface area contributed by atoms with Gasteiger partial charge in [-0.2, -0.15) is 0 Å². The Morgan fingerprint density at radius 1 is 0.507 bits per heavy atom. The molecule has 69 heavy (non-hydrogen) atoms. The number of para-hydroxylation sites is 2. The van der Waals surface area contributed by atoms with Gasteiger partial charge in [0, 0.05) is 72.4 Å². The third kappa shape index (κ3) is 8.29. The van der Waals surface area contributed by atoms with Crippen LogP contribution in [-0.4, -0.2) is 4.98 Å². The van der Waals surface area contributed by atoms with Crippen LogP contribution in [0.15, 0.2) is 194 Å². The smallest absolute Gasteiger partial charge is 0.0421 e. The third-order valence-electron chi connectivity index (χ3n) is 13.8. The molecule has 0 saturated heterocycles. The summed E-state index contributed by atoms with van der Waals surface area (Å²) in [6.45, 7) is 18.1. The number of aromatic nitrogens is 1. The van der Waals surface area contributed by atoms with E-state index in [0.717, 1.165) is 61.8 Å². The van der Waals surface area contributed by atoms with Crippen LogP contribution in [0, 0.1) is 18.8 Å². The molecule has 344 valence electrons. The molecule has 0 fully saturated rings. The van der Waals surface area contributed by atoms with Gasteiger partial charge in [-0.05, 0) is 98.3 Å². The van der Waals surface area contributed by atoms with Crippen molar-refractivity contribution in [1.82, 2.24) is 4.98 Å². The van der Waals surface area contributed by atoms with E-state index in [4.69, 9.17) is 9.72 Å². The molecule has 8 aromatic carbocycles. The topological polar surface area (TPSA) is 28.6 Å². The molecule has 9 aromatic rings. The van der Waals surface area contributed by atoms with Gasteiger partial charge in [-0.1, -0.05) is 175 Å². The SMILES string of the molecule is CC(C)(C)c1ccnc(-c2[c-]c(Oc3[c-]c(N4[CH-]N(c5c(-c6ccccc6)cc(C(C)(C)C)cc5-c5ccccc5)c5ccccc54)cc(C4(C)c5ccccc5-c5ccccc54)c3)ccc2)c1.[Pt]. The number of hydrogen-bond acceptors (Lipinski definition) is 4. The molecule has 1 aromatic heterocycles. The molecule has 4 nitrogen and oxygen atoms in total. The van der Waals surface area contributed by atoms with Gasteiger partial charge in [-0.15, -0.1) is 59.9 Å². The van der Waals surface area contributed by atoms with Gasteiger partial charge in [-0.3, -0.25) is 0 Å². The van der Waals surface area contributed by atoms with Crippen LogP contribution < -0.4 is 14.5 Å². The van der Waals surface area contributed by atoms with Crippen molar-refractivity contribution in [2.45, 2.75) is 64.7 Å². The van der Waals surface area contributed by atoms with Crippen molar-refractivity contribution in [1.29, 1.82) is 0 Å². The first-order valence-corrected chi connectivity index (χ1v) is 23.6. The Labute approximate surface area is 422 Å². The molecule has 0 bridgehead atoms. The molecule has 0 saturated carbocycles. The minimum absolute atomic E-state index is 0.